The monoisotopic (exact) mass is 267 g/mol. The van der Waals surface area contributed by atoms with E-state index in [1.807, 2.05) is 42.5 Å². The van der Waals surface area contributed by atoms with Crippen LogP contribution >= 0.6 is 0 Å². The summed E-state index contributed by atoms with van der Waals surface area (Å²) in [5, 5.41) is 4.55. The van der Waals surface area contributed by atoms with Crippen LogP contribution in [0.2, 0.25) is 0 Å². The highest BCUT2D eigenvalue weighted by Crippen LogP contribution is 2.26. The summed E-state index contributed by atoms with van der Waals surface area (Å²) in [6, 6.07) is 18.1. The Labute approximate surface area is 118 Å². The van der Waals surface area contributed by atoms with E-state index in [0.717, 1.165) is 28.2 Å². The van der Waals surface area contributed by atoms with Gasteiger partial charge in [0, 0.05) is 11.1 Å². The fourth-order valence-corrected chi connectivity index (χ4v) is 2.22. The molecule has 2 aromatic carbocycles. The molecule has 0 aliphatic rings. The molecule has 0 aliphatic heterocycles. The van der Waals surface area contributed by atoms with Crippen molar-refractivity contribution in [3.05, 3.63) is 60.4 Å². The molecule has 0 saturated heterocycles. The lowest BCUT2D eigenvalue weighted by Gasteiger charge is -2.13. The van der Waals surface area contributed by atoms with E-state index in [0.29, 0.717) is 0 Å². The van der Waals surface area contributed by atoms with Gasteiger partial charge in [0.1, 0.15) is 17.1 Å². The zero-order valence-corrected chi connectivity index (χ0v) is 11.6. The van der Waals surface area contributed by atoms with E-state index in [4.69, 9.17) is 9.15 Å². The number of hydrogen-bond donors (Lipinski definition) is 1. The molecule has 0 radical (unpaired) electrons. The molecule has 20 heavy (non-hydrogen) atoms. The van der Waals surface area contributed by atoms with E-state index in [-0.39, 0.29) is 6.04 Å². The minimum atomic E-state index is 0.107. The van der Waals surface area contributed by atoms with Crippen molar-refractivity contribution in [2.75, 3.05) is 12.4 Å². The normalized spacial score (nSPS) is 12.3. The third-order valence-corrected chi connectivity index (χ3v) is 3.34. The molecule has 102 valence electrons. The van der Waals surface area contributed by atoms with Crippen LogP contribution in [0.4, 0.5) is 5.69 Å². The summed E-state index contributed by atoms with van der Waals surface area (Å²) in [5.74, 6) is 1.79. The Kier molecular flexibility index (Phi) is 3.33. The van der Waals surface area contributed by atoms with Gasteiger partial charge >= 0.3 is 0 Å². The van der Waals surface area contributed by atoms with Gasteiger partial charge in [-0.15, -0.1) is 0 Å². The summed E-state index contributed by atoms with van der Waals surface area (Å²) >= 11 is 0. The van der Waals surface area contributed by atoms with E-state index in [1.54, 1.807) is 7.11 Å². The summed E-state index contributed by atoms with van der Waals surface area (Å²) in [5.41, 5.74) is 1.96. The number of furan rings is 1. The number of hydrogen-bond acceptors (Lipinski definition) is 3. The second-order valence-corrected chi connectivity index (χ2v) is 4.78. The number of para-hydroxylation sites is 1. The predicted molar refractivity (Wildman–Crippen MR) is 81.2 cm³/mol. The van der Waals surface area contributed by atoms with Crippen molar-refractivity contribution < 1.29 is 9.15 Å². The van der Waals surface area contributed by atoms with Crippen LogP contribution in [0.1, 0.15) is 18.7 Å². The van der Waals surface area contributed by atoms with Crippen LogP contribution < -0.4 is 10.1 Å². The molecule has 0 saturated carbocycles. The van der Waals surface area contributed by atoms with Crippen LogP contribution in [0.5, 0.6) is 5.75 Å². The minimum absolute atomic E-state index is 0.107. The Hall–Kier alpha value is -2.42. The van der Waals surface area contributed by atoms with Gasteiger partial charge in [-0.2, -0.15) is 0 Å². The quantitative estimate of drug-likeness (QED) is 0.749. The summed E-state index contributed by atoms with van der Waals surface area (Å²) in [6.45, 7) is 2.09. The molecule has 1 aromatic heterocycles. The molecular weight excluding hydrogens is 250 g/mol. The summed E-state index contributed by atoms with van der Waals surface area (Å²) in [6.07, 6.45) is 0. The number of methoxy groups -OCH3 is 1. The van der Waals surface area contributed by atoms with Gasteiger partial charge in [-0.1, -0.05) is 18.2 Å². The van der Waals surface area contributed by atoms with Crippen molar-refractivity contribution >= 4 is 16.7 Å². The number of anilines is 1. The van der Waals surface area contributed by atoms with E-state index in [2.05, 4.69) is 24.4 Å². The highest BCUT2D eigenvalue weighted by molar-refractivity contribution is 5.77. The lowest BCUT2D eigenvalue weighted by atomic mass is 10.2. The molecular formula is C17H17NO2. The highest BCUT2D eigenvalue weighted by Gasteiger charge is 2.11. The van der Waals surface area contributed by atoms with Crippen molar-refractivity contribution in [2.24, 2.45) is 0 Å². The predicted octanol–water partition coefficient (Wildman–Crippen LogP) is 4.61. The lowest BCUT2D eigenvalue weighted by molar-refractivity contribution is 0.415. The van der Waals surface area contributed by atoms with E-state index in [1.165, 1.54) is 0 Å². The fraction of sp³-hybridized carbons (Fsp3) is 0.176. The van der Waals surface area contributed by atoms with Crippen molar-refractivity contribution in [1.82, 2.24) is 0 Å². The SMILES string of the molecule is COc1ccc(N[C@@H](C)c2cc3ccccc3o2)cc1. The second-order valence-electron chi connectivity index (χ2n) is 4.78. The van der Waals surface area contributed by atoms with Gasteiger partial charge < -0.3 is 14.5 Å². The summed E-state index contributed by atoms with van der Waals surface area (Å²) in [4.78, 5) is 0. The van der Waals surface area contributed by atoms with Gasteiger partial charge in [-0.3, -0.25) is 0 Å². The zero-order valence-electron chi connectivity index (χ0n) is 11.6. The maximum Gasteiger partial charge on any atom is 0.134 e. The maximum absolute atomic E-state index is 5.86. The van der Waals surface area contributed by atoms with Gasteiger partial charge in [0.05, 0.1) is 13.2 Å². The van der Waals surface area contributed by atoms with Gasteiger partial charge in [0.2, 0.25) is 0 Å². The third-order valence-electron chi connectivity index (χ3n) is 3.34. The Bertz CT molecular complexity index is 667. The van der Waals surface area contributed by atoms with Crippen LogP contribution in [0.3, 0.4) is 0 Å². The molecule has 0 unspecified atom stereocenters. The molecule has 0 amide bonds. The molecule has 3 rings (SSSR count). The number of ether oxygens (including phenoxy) is 1. The van der Waals surface area contributed by atoms with Crippen LogP contribution in [0.25, 0.3) is 11.0 Å². The molecule has 0 bridgehead atoms. The van der Waals surface area contributed by atoms with Gasteiger partial charge in [-0.25, -0.2) is 0 Å². The number of rotatable bonds is 4. The van der Waals surface area contributed by atoms with Crippen LogP contribution in [-0.4, -0.2) is 7.11 Å². The van der Waals surface area contributed by atoms with Gasteiger partial charge in [0.15, 0.2) is 0 Å². The first-order valence-corrected chi connectivity index (χ1v) is 6.65. The van der Waals surface area contributed by atoms with E-state index >= 15 is 0 Å². The summed E-state index contributed by atoms with van der Waals surface area (Å²) in [7, 11) is 1.67. The standard InChI is InChI=1S/C17H17NO2/c1-12(18-14-7-9-15(19-2)10-8-14)17-11-13-5-3-4-6-16(13)20-17/h3-12,18H,1-2H3/t12-/m0/s1. The molecule has 3 nitrogen and oxygen atoms in total. The number of nitrogens with one attached hydrogen (secondary N) is 1. The molecule has 0 fully saturated rings. The maximum atomic E-state index is 5.86. The third kappa shape index (κ3) is 2.48. The van der Waals surface area contributed by atoms with Gasteiger partial charge in [0.25, 0.3) is 0 Å². The fourth-order valence-electron chi connectivity index (χ4n) is 2.22. The van der Waals surface area contributed by atoms with E-state index < -0.39 is 0 Å². The van der Waals surface area contributed by atoms with Gasteiger partial charge in [-0.05, 0) is 43.3 Å². The van der Waals surface area contributed by atoms with Crippen LogP contribution in [0, 0.1) is 0 Å². The Morgan fingerprint density at radius 1 is 1.05 bits per heavy atom. The zero-order chi connectivity index (χ0) is 13.9. The van der Waals surface area contributed by atoms with Crippen molar-refractivity contribution in [1.29, 1.82) is 0 Å². The smallest absolute Gasteiger partial charge is 0.134 e. The second kappa shape index (κ2) is 5.29. The van der Waals surface area contributed by atoms with Crippen molar-refractivity contribution in [3.8, 4) is 5.75 Å². The Morgan fingerprint density at radius 2 is 1.80 bits per heavy atom. The molecule has 1 N–H and O–H groups in total. The van der Waals surface area contributed by atoms with Crippen molar-refractivity contribution in [3.63, 3.8) is 0 Å². The Balaban J connectivity index is 1.79. The number of fused-ring (bicyclic) bond motifs is 1. The highest BCUT2D eigenvalue weighted by atomic mass is 16.5. The lowest BCUT2D eigenvalue weighted by Crippen LogP contribution is -2.05. The van der Waals surface area contributed by atoms with Crippen LogP contribution in [-0.2, 0) is 0 Å². The first kappa shape index (κ1) is 12.6. The molecule has 3 heteroatoms. The minimum Gasteiger partial charge on any atom is -0.497 e. The van der Waals surface area contributed by atoms with Crippen LogP contribution in [0.15, 0.2) is 59.0 Å². The Morgan fingerprint density at radius 3 is 2.50 bits per heavy atom. The van der Waals surface area contributed by atoms with E-state index in [9.17, 15) is 0 Å². The number of benzene rings is 2. The molecule has 1 heterocycles. The largest absolute Gasteiger partial charge is 0.497 e. The first-order chi connectivity index (χ1) is 9.76. The molecule has 3 aromatic rings. The molecule has 0 aliphatic carbocycles. The average molecular weight is 267 g/mol. The molecule has 0 spiro atoms. The average Bonchev–Trinajstić information content (AvgIpc) is 2.92. The first-order valence-electron chi connectivity index (χ1n) is 6.65. The van der Waals surface area contributed by atoms with Crippen molar-refractivity contribution in [2.45, 2.75) is 13.0 Å². The topological polar surface area (TPSA) is 34.4 Å². The summed E-state index contributed by atoms with van der Waals surface area (Å²) < 4.78 is 11.0. The molecule has 1 atom stereocenters.